The Hall–Kier alpha value is -3.10. The van der Waals surface area contributed by atoms with E-state index in [9.17, 15) is 43.9 Å². The van der Waals surface area contributed by atoms with Gasteiger partial charge in [0.15, 0.2) is 0 Å². The van der Waals surface area contributed by atoms with Crippen molar-refractivity contribution in [1.29, 1.82) is 0 Å². The Morgan fingerprint density at radius 3 is 2.18 bits per heavy atom. The second kappa shape index (κ2) is 10.5. The highest BCUT2D eigenvalue weighted by Gasteiger charge is 2.46. The molecular weight excluding hydrogens is 566 g/mol. The minimum absolute atomic E-state index is 0.0702. The first-order valence-corrected chi connectivity index (χ1v) is 12.9. The SMILES string of the molecule is CC(F)(F)CC[C@@H]1CN(c2ccc(F)cc2)c2cc(C(F)(F)F)c(OC[C@@](C)(F)C(=O)O)cc2S(=O)(=O)[C@@H]1F. The summed E-state index contributed by atoms with van der Waals surface area (Å²) in [4.78, 5) is 10.9. The number of anilines is 2. The quantitative estimate of drug-likeness (QED) is 0.364. The lowest BCUT2D eigenvalue weighted by atomic mass is 10.00. The Morgan fingerprint density at radius 1 is 1.08 bits per heavy atom. The fourth-order valence-corrected chi connectivity index (χ4v) is 5.62. The molecule has 2 aromatic carbocycles. The van der Waals surface area contributed by atoms with E-state index in [1.54, 1.807) is 0 Å². The first-order chi connectivity index (χ1) is 17.7. The van der Waals surface area contributed by atoms with Crippen molar-refractivity contribution in [3.8, 4) is 5.75 Å². The molecule has 39 heavy (non-hydrogen) atoms. The number of rotatable bonds is 8. The molecule has 1 heterocycles. The summed E-state index contributed by atoms with van der Waals surface area (Å²) >= 11 is 0. The number of fused-ring (bicyclic) bond motifs is 1. The Kier molecular flexibility index (Phi) is 8.17. The van der Waals surface area contributed by atoms with Crippen molar-refractivity contribution in [3.05, 3.63) is 47.8 Å². The molecule has 0 bridgehead atoms. The summed E-state index contributed by atoms with van der Waals surface area (Å²) in [6.07, 6.45) is -6.86. The molecular formula is C24H23F8NO5S. The second-order valence-electron chi connectivity index (χ2n) is 9.46. The van der Waals surface area contributed by atoms with Crippen LogP contribution in [0.3, 0.4) is 0 Å². The highest BCUT2D eigenvalue weighted by molar-refractivity contribution is 7.92. The van der Waals surface area contributed by atoms with E-state index >= 15 is 4.39 Å². The number of ether oxygens (including phenoxy) is 1. The van der Waals surface area contributed by atoms with Crippen LogP contribution in [0.5, 0.6) is 5.75 Å². The van der Waals surface area contributed by atoms with Crippen LogP contribution in [0.2, 0.25) is 0 Å². The number of halogens is 8. The molecule has 0 unspecified atom stereocenters. The summed E-state index contributed by atoms with van der Waals surface area (Å²) in [5, 5.41) is 8.90. The van der Waals surface area contributed by atoms with Crippen molar-refractivity contribution in [2.24, 2.45) is 5.92 Å². The number of sulfone groups is 1. The number of aliphatic carboxylic acids is 1. The number of carboxylic acids is 1. The summed E-state index contributed by atoms with van der Waals surface area (Å²) in [6, 6.07) is 4.57. The summed E-state index contributed by atoms with van der Waals surface area (Å²) < 4.78 is 144. The van der Waals surface area contributed by atoms with Crippen molar-refractivity contribution in [2.45, 2.75) is 54.9 Å². The van der Waals surface area contributed by atoms with Gasteiger partial charge in [0.1, 0.15) is 18.2 Å². The van der Waals surface area contributed by atoms with Gasteiger partial charge in [0.25, 0.3) is 0 Å². The van der Waals surface area contributed by atoms with Gasteiger partial charge in [0.2, 0.25) is 26.9 Å². The van der Waals surface area contributed by atoms with Crippen LogP contribution in [-0.2, 0) is 20.8 Å². The average Bonchev–Trinajstić information content (AvgIpc) is 2.88. The molecule has 3 rings (SSSR count). The molecule has 0 spiro atoms. The van der Waals surface area contributed by atoms with Crippen molar-refractivity contribution in [3.63, 3.8) is 0 Å². The third-order valence-electron chi connectivity index (χ3n) is 6.09. The Bertz CT molecular complexity index is 1320. The van der Waals surface area contributed by atoms with Crippen LogP contribution in [-0.4, -0.2) is 49.7 Å². The third-order valence-corrected chi connectivity index (χ3v) is 8.00. The first-order valence-electron chi connectivity index (χ1n) is 11.3. The maximum atomic E-state index is 15.5. The zero-order chi connectivity index (χ0) is 29.6. The second-order valence-corrected chi connectivity index (χ2v) is 11.4. The molecule has 15 heteroatoms. The maximum absolute atomic E-state index is 15.5. The van der Waals surface area contributed by atoms with E-state index in [1.165, 1.54) is 0 Å². The maximum Gasteiger partial charge on any atom is 0.420 e. The molecule has 0 radical (unpaired) electrons. The lowest BCUT2D eigenvalue weighted by molar-refractivity contribution is -0.151. The van der Waals surface area contributed by atoms with Crippen molar-refractivity contribution < 1.29 is 58.2 Å². The number of hydrogen-bond acceptors (Lipinski definition) is 5. The predicted molar refractivity (Wildman–Crippen MR) is 123 cm³/mol. The van der Waals surface area contributed by atoms with E-state index in [0.29, 0.717) is 26.0 Å². The number of carbonyl (C=O) groups is 1. The molecule has 1 N–H and O–H groups in total. The van der Waals surface area contributed by atoms with E-state index in [0.717, 1.165) is 29.2 Å². The van der Waals surface area contributed by atoms with E-state index < -0.39 is 98.7 Å². The summed E-state index contributed by atoms with van der Waals surface area (Å²) in [5.41, 5.74) is -8.44. The van der Waals surface area contributed by atoms with Crippen LogP contribution >= 0.6 is 0 Å². The van der Waals surface area contributed by atoms with Crippen LogP contribution in [0.4, 0.5) is 46.5 Å². The average molecular weight is 590 g/mol. The van der Waals surface area contributed by atoms with Gasteiger partial charge in [-0.05, 0) is 50.6 Å². The molecule has 0 saturated heterocycles. The fourth-order valence-electron chi connectivity index (χ4n) is 3.92. The number of carboxylic acid groups (broad SMARTS) is 1. The minimum atomic E-state index is -5.25. The molecule has 0 aliphatic carbocycles. The Labute approximate surface area is 218 Å². The van der Waals surface area contributed by atoms with Crippen LogP contribution in [0, 0.1) is 11.7 Å². The molecule has 0 amide bonds. The van der Waals surface area contributed by atoms with Gasteiger partial charge < -0.3 is 14.7 Å². The molecule has 6 nitrogen and oxygen atoms in total. The topological polar surface area (TPSA) is 83.9 Å². The monoisotopic (exact) mass is 589 g/mol. The molecule has 3 atom stereocenters. The van der Waals surface area contributed by atoms with Gasteiger partial charge in [-0.2, -0.15) is 13.2 Å². The minimum Gasteiger partial charge on any atom is -0.489 e. The molecule has 1 aliphatic heterocycles. The van der Waals surface area contributed by atoms with Gasteiger partial charge in [-0.1, -0.05) is 0 Å². The van der Waals surface area contributed by atoms with E-state index in [1.807, 2.05) is 0 Å². The molecule has 0 aromatic heterocycles. The van der Waals surface area contributed by atoms with Gasteiger partial charge in [-0.15, -0.1) is 0 Å². The Balaban J connectivity index is 2.26. The van der Waals surface area contributed by atoms with Gasteiger partial charge >= 0.3 is 12.1 Å². The van der Waals surface area contributed by atoms with Crippen LogP contribution < -0.4 is 9.64 Å². The summed E-state index contributed by atoms with van der Waals surface area (Å²) in [5.74, 6) is -9.07. The van der Waals surface area contributed by atoms with E-state index in [-0.39, 0.29) is 5.69 Å². The molecule has 216 valence electrons. The number of alkyl halides is 7. The summed E-state index contributed by atoms with van der Waals surface area (Å²) in [7, 11) is -5.16. The fraction of sp³-hybridized carbons (Fsp3) is 0.458. The van der Waals surface area contributed by atoms with E-state index in [2.05, 4.69) is 0 Å². The first kappa shape index (κ1) is 30.4. The molecule has 2 aromatic rings. The lowest BCUT2D eigenvalue weighted by Crippen LogP contribution is -2.36. The standard InChI is InChI=1S/C24H23F8NO5S/c1-22(27,21(34)35)12-38-18-10-19-17(9-16(18)24(30,31)32)33(15-5-3-14(25)4-6-15)11-13(7-8-23(2,28)29)20(26)39(19,36)37/h3-6,9-10,13,20H,7-8,11-12H2,1-2H3,(H,34,35)/t13-,20+,22-/m1/s1. The van der Waals surface area contributed by atoms with Crippen molar-refractivity contribution in [1.82, 2.24) is 0 Å². The van der Waals surface area contributed by atoms with Crippen molar-refractivity contribution in [2.75, 3.05) is 18.1 Å². The van der Waals surface area contributed by atoms with Crippen LogP contribution in [0.15, 0.2) is 41.3 Å². The number of benzene rings is 2. The van der Waals surface area contributed by atoms with Gasteiger partial charge in [0.05, 0.1) is 16.1 Å². The van der Waals surface area contributed by atoms with E-state index in [4.69, 9.17) is 9.84 Å². The highest BCUT2D eigenvalue weighted by atomic mass is 32.2. The lowest BCUT2D eigenvalue weighted by Gasteiger charge is -2.29. The van der Waals surface area contributed by atoms with Gasteiger partial charge in [-0.3, -0.25) is 0 Å². The Morgan fingerprint density at radius 2 is 1.67 bits per heavy atom. The van der Waals surface area contributed by atoms with Crippen LogP contribution in [0.1, 0.15) is 32.3 Å². The highest BCUT2D eigenvalue weighted by Crippen LogP contribution is 2.47. The number of nitrogens with zero attached hydrogens (tertiary/aromatic N) is 1. The third kappa shape index (κ3) is 6.73. The molecule has 1 aliphatic rings. The zero-order valence-corrected chi connectivity index (χ0v) is 21.2. The van der Waals surface area contributed by atoms with Gasteiger partial charge in [-0.25, -0.2) is 35.2 Å². The normalized spacial score (nSPS) is 21.0. The smallest absolute Gasteiger partial charge is 0.420 e. The zero-order valence-electron chi connectivity index (χ0n) is 20.4. The summed E-state index contributed by atoms with van der Waals surface area (Å²) in [6.45, 7) is -1.09. The number of hydrogen-bond donors (Lipinski definition) is 1. The molecule has 0 saturated carbocycles. The molecule has 0 fully saturated rings. The largest absolute Gasteiger partial charge is 0.489 e. The predicted octanol–water partition coefficient (Wildman–Crippen LogP) is 6.31. The van der Waals surface area contributed by atoms with Crippen LogP contribution in [0.25, 0.3) is 0 Å². The van der Waals surface area contributed by atoms with Gasteiger partial charge in [0, 0.05) is 30.6 Å². The van der Waals surface area contributed by atoms with Crippen molar-refractivity contribution >= 4 is 27.2 Å².